The molecule has 1 nitrogen and oxygen atoms in total. The summed E-state index contributed by atoms with van der Waals surface area (Å²) in [5.74, 6) is 7.22. The highest BCUT2D eigenvalue weighted by Gasteiger charge is 3.11. The lowest BCUT2D eigenvalue weighted by Gasteiger charge is -2.39. The van der Waals surface area contributed by atoms with E-state index in [4.69, 9.17) is 0 Å². The van der Waals surface area contributed by atoms with E-state index in [1.165, 1.54) is 25.7 Å². The van der Waals surface area contributed by atoms with Crippen molar-refractivity contribution in [3.63, 3.8) is 0 Å². The number of rotatable bonds is 5. The van der Waals surface area contributed by atoms with Crippen LogP contribution in [-0.2, 0) is 0 Å². The summed E-state index contributed by atoms with van der Waals surface area (Å²) in [6.07, 6.45) is 8.74. The lowest BCUT2D eigenvalue weighted by atomic mass is 9.65. The molecule has 0 heterocycles. The highest BCUT2D eigenvalue weighted by atomic mass is 15.1. The molecule has 1 heteroatoms. The van der Waals surface area contributed by atoms with Crippen LogP contribution in [-0.4, -0.2) is 13.1 Å². The maximum atomic E-state index is 4.56. The second kappa shape index (κ2) is 4.00. The predicted molar refractivity (Wildman–Crippen MR) is 98.4 cm³/mol. The van der Waals surface area contributed by atoms with Crippen molar-refractivity contribution in [2.45, 2.75) is 65.3 Å². The fourth-order valence-corrected chi connectivity index (χ4v) is 8.87. The molecule has 0 bridgehead atoms. The van der Waals surface area contributed by atoms with Gasteiger partial charge in [-0.3, -0.25) is 0 Å². The van der Waals surface area contributed by atoms with Gasteiger partial charge >= 0.3 is 0 Å². The molecule has 10 unspecified atom stereocenters. The molecule has 0 aromatic rings. The molecule has 6 fully saturated rings. The fraction of sp³-hybridized carbons (Fsp3) is 0.913. The van der Waals surface area contributed by atoms with Gasteiger partial charge in [-0.15, -0.1) is 0 Å². The van der Waals surface area contributed by atoms with Gasteiger partial charge in [0, 0.05) is 6.04 Å². The van der Waals surface area contributed by atoms with Crippen LogP contribution < -0.4 is 5.32 Å². The van der Waals surface area contributed by atoms with Crippen LogP contribution in [0.4, 0.5) is 0 Å². The quantitative estimate of drug-likeness (QED) is 0.710. The molecule has 24 heavy (non-hydrogen) atoms. The van der Waals surface area contributed by atoms with E-state index in [9.17, 15) is 0 Å². The van der Waals surface area contributed by atoms with Crippen molar-refractivity contribution in [1.82, 2.24) is 5.32 Å². The average Bonchev–Trinajstić information content (AvgIpc) is 3.35. The van der Waals surface area contributed by atoms with E-state index in [-0.39, 0.29) is 0 Å². The Morgan fingerprint density at radius 1 is 1.33 bits per heavy atom. The normalized spacial score (nSPS) is 65.8. The smallest absolute Gasteiger partial charge is 0.00987 e. The summed E-state index contributed by atoms with van der Waals surface area (Å²) in [5, 5.41) is 3.51. The van der Waals surface area contributed by atoms with Crippen LogP contribution in [0.3, 0.4) is 0 Å². The van der Waals surface area contributed by atoms with Crippen molar-refractivity contribution in [2.24, 2.45) is 57.7 Å². The lowest BCUT2D eigenvalue weighted by molar-refractivity contribution is 0.108. The minimum atomic E-state index is 0.575. The van der Waals surface area contributed by atoms with Crippen LogP contribution in [0, 0.1) is 57.7 Å². The molecule has 6 aliphatic carbocycles. The first-order valence-corrected chi connectivity index (χ1v) is 10.8. The Kier molecular flexibility index (Phi) is 2.47. The molecule has 1 N–H and O–H groups in total. The maximum Gasteiger partial charge on any atom is 0.00987 e. The molecule has 0 aliphatic heterocycles. The summed E-state index contributed by atoms with van der Waals surface area (Å²) in [6, 6.07) is 0.814. The molecular formula is C23H35N. The summed E-state index contributed by atoms with van der Waals surface area (Å²) < 4.78 is 0. The monoisotopic (exact) mass is 325 g/mol. The van der Waals surface area contributed by atoms with Gasteiger partial charge in [0.05, 0.1) is 0 Å². The van der Waals surface area contributed by atoms with Crippen LogP contribution >= 0.6 is 0 Å². The third kappa shape index (κ3) is 1.46. The van der Waals surface area contributed by atoms with Crippen molar-refractivity contribution in [2.75, 3.05) is 7.05 Å². The Bertz CT molecular complexity index is 638. The number of fused-ring (bicyclic) bond motifs is 3. The molecule has 6 rings (SSSR count). The van der Waals surface area contributed by atoms with Crippen LogP contribution in [0.15, 0.2) is 12.2 Å². The number of allylic oxidation sites excluding steroid dienone is 1. The molecule has 1 spiro atoms. The number of hydrogen-bond donors (Lipinski definition) is 1. The van der Waals surface area contributed by atoms with E-state index in [0.29, 0.717) is 5.41 Å². The van der Waals surface area contributed by atoms with E-state index >= 15 is 0 Å². The molecule has 0 aromatic carbocycles. The van der Waals surface area contributed by atoms with Crippen LogP contribution in [0.5, 0.6) is 0 Å². The van der Waals surface area contributed by atoms with E-state index in [2.05, 4.69) is 39.7 Å². The molecule has 132 valence electrons. The minimum absolute atomic E-state index is 0.575. The second-order valence-electron chi connectivity index (χ2n) is 11.4. The SMILES string of the molecule is C=C1CCC(C)(C[C@H](C)C2CC2NC)CC2(C3CC3C)C3C4C1C432. The van der Waals surface area contributed by atoms with Crippen LogP contribution in [0.2, 0.25) is 0 Å². The van der Waals surface area contributed by atoms with Gasteiger partial charge in [0.1, 0.15) is 0 Å². The minimum Gasteiger partial charge on any atom is -0.317 e. The summed E-state index contributed by atoms with van der Waals surface area (Å²) >= 11 is 0. The van der Waals surface area contributed by atoms with Gasteiger partial charge < -0.3 is 5.32 Å². The Balaban J connectivity index is 1.25. The zero-order valence-corrected chi connectivity index (χ0v) is 16.1. The summed E-state index contributed by atoms with van der Waals surface area (Å²) in [5.41, 5.74) is 3.86. The highest BCUT2D eigenvalue weighted by Crippen LogP contribution is 3.13. The number of hydrogen-bond acceptors (Lipinski definition) is 1. The Labute approximate surface area is 148 Å². The van der Waals surface area contributed by atoms with Crippen molar-refractivity contribution in [3.05, 3.63) is 12.2 Å². The first-order chi connectivity index (χ1) is 11.4. The topological polar surface area (TPSA) is 12.0 Å². The molecule has 0 saturated heterocycles. The van der Waals surface area contributed by atoms with Gasteiger partial charge in [0.2, 0.25) is 0 Å². The average molecular weight is 326 g/mol. The van der Waals surface area contributed by atoms with Crippen molar-refractivity contribution >= 4 is 0 Å². The second-order valence-corrected chi connectivity index (χ2v) is 11.4. The van der Waals surface area contributed by atoms with Gasteiger partial charge in [-0.05, 0) is 103 Å². The summed E-state index contributed by atoms with van der Waals surface area (Å²) in [7, 11) is 2.15. The molecule has 0 aromatic heterocycles. The molecule has 6 aliphatic rings. The van der Waals surface area contributed by atoms with Gasteiger partial charge in [0.15, 0.2) is 0 Å². The lowest BCUT2D eigenvalue weighted by Crippen LogP contribution is -2.31. The summed E-state index contributed by atoms with van der Waals surface area (Å²) in [4.78, 5) is 0. The van der Waals surface area contributed by atoms with Crippen molar-refractivity contribution in [3.8, 4) is 0 Å². The Morgan fingerprint density at radius 3 is 2.71 bits per heavy atom. The highest BCUT2D eigenvalue weighted by molar-refractivity contribution is 5.60. The van der Waals surface area contributed by atoms with E-state index in [1.54, 1.807) is 18.4 Å². The van der Waals surface area contributed by atoms with Crippen LogP contribution in [0.25, 0.3) is 0 Å². The zero-order chi connectivity index (χ0) is 16.6. The zero-order valence-electron chi connectivity index (χ0n) is 16.1. The van der Waals surface area contributed by atoms with Crippen molar-refractivity contribution in [1.29, 1.82) is 0 Å². The maximum absolute atomic E-state index is 4.56. The van der Waals surface area contributed by atoms with Gasteiger partial charge in [-0.25, -0.2) is 0 Å². The molecule has 0 radical (unpaired) electrons. The molecule has 0 amide bonds. The Hall–Kier alpha value is -0.300. The fourth-order valence-electron chi connectivity index (χ4n) is 8.87. The van der Waals surface area contributed by atoms with Crippen LogP contribution in [0.1, 0.15) is 59.3 Å². The predicted octanol–water partition coefficient (Wildman–Crippen LogP) is 4.89. The van der Waals surface area contributed by atoms with E-state index in [1.807, 2.05) is 0 Å². The molecule has 11 atom stereocenters. The van der Waals surface area contributed by atoms with E-state index in [0.717, 1.165) is 58.3 Å². The standard InChI is InChI=1S/C23H35N/c1-12-6-7-21(4,10-14(3)15-9-17(15)24-5)11-22(16-8-13(16)2)20-19-18(12)23(19,20)22/h13-20,24H,1,6-11H2,2-5H3/t13?,14-,15?,16?,17?,18?,19?,20?,21?,22?,23?/m0/s1. The summed E-state index contributed by atoms with van der Waals surface area (Å²) in [6.45, 7) is 12.3. The van der Waals surface area contributed by atoms with Gasteiger partial charge in [-0.1, -0.05) is 32.9 Å². The van der Waals surface area contributed by atoms with Crippen molar-refractivity contribution < 1.29 is 0 Å². The van der Waals surface area contributed by atoms with Gasteiger partial charge in [-0.2, -0.15) is 0 Å². The number of nitrogens with one attached hydrogen (secondary N) is 1. The Morgan fingerprint density at radius 2 is 2.08 bits per heavy atom. The first kappa shape index (κ1) is 14.8. The third-order valence-electron chi connectivity index (χ3n) is 10.1. The largest absolute Gasteiger partial charge is 0.317 e. The van der Waals surface area contributed by atoms with E-state index < -0.39 is 0 Å². The first-order valence-electron chi connectivity index (χ1n) is 10.8. The van der Waals surface area contributed by atoms with Gasteiger partial charge in [0.25, 0.3) is 0 Å². The molecule has 6 saturated carbocycles. The third-order valence-corrected chi connectivity index (χ3v) is 10.1. The molecular weight excluding hydrogens is 290 g/mol.